The first-order valence-corrected chi connectivity index (χ1v) is 8.68. The van der Waals surface area contributed by atoms with E-state index in [1.165, 1.54) is 37.8 Å². The Balaban J connectivity index is 1.88. The summed E-state index contributed by atoms with van der Waals surface area (Å²) in [6.45, 7) is 6.84. The monoisotopic (exact) mass is 293 g/mol. The van der Waals surface area contributed by atoms with Crippen molar-refractivity contribution in [2.75, 3.05) is 19.8 Å². The van der Waals surface area contributed by atoms with Crippen molar-refractivity contribution in [2.45, 2.75) is 70.9 Å². The lowest BCUT2D eigenvalue weighted by Crippen LogP contribution is -2.36. The summed E-state index contributed by atoms with van der Waals surface area (Å²) in [5, 5.41) is 8.38. The molecule has 1 heterocycles. The summed E-state index contributed by atoms with van der Waals surface area (Å²) in [5.41, 5.74) is 1.19. The first kappa shape index (κ1) is 16.5. The molecule has 4 heteroatoms. The third-order valence-corrected chi connectivity index (χ3v) is 4.27. The summed E-state index contributed by atoms with van der Waals surface area (Å²) in [6, 6.07) is 3.18. The molecule has 4 nitrogen and oxygen atoms in total. The maximum atomic E-state index is 5.59. The van der Waals surface area contributed by atoms with Crippen molar-refractivity contribution in [3.05, 3.63) is 18.0 Å². The fraction of sp³-hybridized carbons (Fsp3) is 0.824. The Kier molecular flexibility index (Phi) is 7.24. The molecule has 0 spiro atoms. The predicted molar refractivity (Wildman–Crippen MR) is 86.6 cm³/mol. The number of hydrogen-bond acceptors (Lipinski definition) is 3. The summed E-state index contributed by atoms with van der Waals surface area (Å²) >= 11 is 0. The fourth-order valence-corrected chi connectivity index (χ4v) is 3.09. The third-order valence-electron chi connectivity index (χ3n) is 4.27. The molecule has 1 aliphatic rings. The van der Waals surface area contributed by atoms with Crippen molar-refractivity contribution >= 4 is 0 Å². The van der Waals surface area contributed by atoms with E-state index in [-0.39, 0.29) is 0 Å². The molecule has 0 aromatic carbocycles. The van der Waals surface area contributed by atoms with Gasteiger partial charge in [0.1, 0.15) is 0 Å². The van der Waals surface area contributed by atoms with E-state index in [2.05, 4.69) is 36.1 Å². The molecule has 1 N–H and O–H groups in total. The Bertz CT molecular complexity index is 377. The molecule has 1 unspecified atom stereocenters. The summed E-state index contributed by atoms with van der Waals surface area (Å²) in [5.74, 6) is 0. The lowest BCUT2D eigenvalue weighted by Gasteiger charge is -2.22. The molecule has 0 radical (unpaired) electrons. The van der Waals surface area contributed by atoms with E-state index >= 15 is 0 Å². The van der Waals surface area contributed by atoms with E-state index in [1.54, 1.807) is 0 Å². The van der Waals surface area contributed by atoms with Gasteiger partial charge in [0.25, 0.3) is 0 Å². The molecule has 1 aliphatic carbocycles. The predicted octanol–water partition coefficient (Wildman–Crippen LogP) is 3.34. The standard InChI is InChI=1S/C17H31N3O/c1-3-11-18-16(14-21-4-2)13-15-10-12-20(19-15)17-8-6-5-7-9-17/h10,12,16-18H,3-9,11,13-14H2,1-2H3. The van der Waals surface area contributed by atoms with Gasteiger partial charge in [-0.15, -0.1) is 0 Å². The average molecular weight is 293 g/mol. The molecule has 1 aromatic rings. The highest BCUT2D eigenvalue weighted by Gasteiger charge is 2.17. The van der Waals surface area contributed by atoms with Gasteiger partial charge in [-0.05, 0) is 38.8 Å². The molecule has 1 saturated carbocycles. The molecule has 0 aliphatic heterocycles. The minimum absolute atomic E-state index is 0.375. The van der Waals surface area contributed by atoms with E-state index in [4.69, 9.17) is 9.84 Å². The smallest absolute Gasteiger partial charge is 0.0641 e. The molecule has 21 heavy (non-hydrogen) atoms. The Morgan fingerprint density at radius 2 is 2.14 bits per heavy atom. The van der Waals surface area contributed by atoms with Crippen molar-refractivity contribution in [1.82, 2.24) is 15.1 Å². The van der Waals surface area contributed by atoms with Gasteiger partial charge in [-0.2, -0.15) is 5.10 Å². The highest BCUT2D eigenvalue weighted by atomic mass is 16.5. The van der Waals surface area contributed by atoms with Gasteiger partial charge in [-0.25, -0.2) is 0 Å². The number of nitrogens with zero attached hydrogens (tertiary/aromatic N) is 2. The summed E-state index contributed by atoms with van der Waals surface area (Å²) in [6.07, 6.45) is 11.0. The summed E-state index contributed by atoms with van der Waals surface area (Å²) in [4.78, 5) is 0. The Labute approximate surface area is 129 Å². The van der Waals surface area contributed by atoms with Crippen LogP contribution in [0.4, 0.5) is 0 Å². The second-order valence-corrected chi connectivity index (χ2v) is 6.09. The van der Waals surface area contributed by atoms with E-state index in [0.717, 1.165) is 32.6 Å². The zero-order chi connectivity index (χ0) is 14.9. The summed E-state index contributed by atoms with van der Waals surface area (Å²) in [7, 11) is 0. The number of aromatic nitrogens is 2. The highest BCUT2D eigenvalue weighted by Crippen LogP contribution is 2.27. The highest BCUT2D eigenvalue weighted by molar-refractivity contribution is 5.02. The molecular formula is C17H31N3O. The second-order valence-electron chi connectivity index (χ2n) is 6.09. The van der Waals surface area contributed by atoms with Crippen LogP contribution in [0.15, 0.2) is 12.3 Å². The van der Waals surface area contributed by atoms with Gasteiger partial charge in [0.05, 0.1) is 18.3 Å². The van der Waals surface area contributed by atoms with Crippen LogP contribution >= 0.6 is 0 Å². The zero-order valence-corrected chi connectivity index (χ0v) is 13.7. The molecule has 2 rings (SSSR count). The topological polar surface area (TPSA) is 39.1 Å². The first-order chi connectivity index (χ1) is 10.3. The average Bonchev–Trinajstić information content (AvgIpc) is 2.99. The van der Waals surface area contributed by atoms with Gasteiger partial charge in [-0.3, -0.25) is 4.68 Å². The third kappa shape index (κ3) is 5.44. The van der Waals surface area contributed by atoms with Crippen molar-refractivity contribution in [1.29, 1.82) is 0 Å². The minimum atomic E-state index is 0.375. The molecule has 120 valence electrons. The van der Waals surface area contributed by atoms with Crippen LogP contribution in [0.2, 0.25) is 0 Å². The van der Waals surface area contributed by atoms with E-state index in [0.29, 0.717) is 12.1 Å². The van der Waals surface area contributed by atoms with Gasteiger partial charge in [0.15, 0.2) is 0 Å². The molecule has 1 atom stereocenters. The lowest BCUT2D eigenvalue weighted by atomic mass is 9.96. The van der Waals surface area contributed by atoms with E-state index in [1.807, 2.05) is 0 Å². The van der Waals surface area contributed by atoms with Crippen LogP contribution in [-0.2, 0) is 11.2 Å². The van der Waals surface area contributed by atoms with Crippen LogP contribution in [0, 0.1) is 0 Å². The number of rotatable bonds is 9. The quantitative estimate of drug-likeness (QED) is 0.759. The van der Waals surface area contributed by atoms with Gasteiger partial charge in [-0.1, -0.05) is 26.2 Å². The minimum Gasteiger partial charge on any atom is -0.380 e. The van der Waals surface area contributed by atoms with Crippen LogP contribution < -0.4 is 5.32 Å². The largest absolute Gasteiger partial charge is 0.380 e. The van der Waals surface area contributed by atoms with Crippen LogP contribution in [0.5, 0.6) is 0 Å². The van der Waals surface area contributed by atoms with Crippen molar-refractivity contribution < 1.29 is 4.74 Å². The van der Waals surface area contributed by atoms with Gasteiger partial charge in [0.2, 0.25) is 0 Å². The molecular weight excluding hydrogens is 262 g/mol. The molecule has 1 fully saturated rings. The number of ether oxygens (including phenoxy) is 1. The van der Waals surface area contributed by atoms with Gasteiger partial charge >= 0.3 is 0 Å². The summed E-state index contributed by atoms with van der Waals surface area (Å²) < 4.78 is 7.79. The second kappa shape index (κ2) is 9.21. The molecule has 0 bridgehead atoms. The van der Waals surface area contributed by atoms with Gasteiger partial charge < -0.3 is 10.1 Å². The number of nitrogens with one attached hydrogen (secondary N) is 1. The molecule has 0 saturated heterocycles. The Morgan fingerprint density at radius 3 is 2.86 bits per heavy atom. The zero-order valence-electron chi connectivity index (χ0n) is 13.7. The SMILES string of the molecule is CCCNC(COCC)Cc1ccn(C2CCCCC2)n1. The first-order valence-electron chi connectivity index (χ1n) is 8.68. The van der Waals surface area contributed by atoms with E-state index < -0.39 is 0 Å². The normalized spacial score (nSPS) is 18.0. The number of hydrogen-bond donors (Lipinski definition) is 1. The maximum Gasteiger partial charge on any atom is 0.0641 e. The molecule has 0 amide bonds. The fourth-order valence-electron chi connectivity index (χ4n) is 3.09. The van der Waals surface area contributed by atoms with Crippen molar-refractivity contribution in [3.63, 3.8) is 0 Å². The van der Waals surface area contributed by atoms with E-state index in [9.17, 15) is 0 Å². The van der Waals surface area contributed by atoms with Crippen LogP contribution in [0.25, 0.3) is 0 Å². The Hall–Kier alpha value is -0.870. The maximum absolute atomic E-state index is 5.59. The van der Waals surface area contributed by atoms with Crippen LogP contribution in [0.1, 0.15) is 64.1 Å². The van der Waals surface area contributed by atoms with Crippen LogP contribution in [0.3, 0.4) is 0 Å². The lowest BCUT2D eigenvalue weighted by molar-refractivity contribution is 0.122. The van der Waals surface area contributed by atoms with Gasteiger partial charge in [0, 0.05) is 25.3 Å². The van der Waals surface area contributed by atoms with Crippen LogP contribution in [-0.4, -0.2) is 35.6 Å². The Morgan fingerprint density at radius 1 is 1.33 bits per heavy atom. The van der Waals surface area contributed by atoms with Crippen molar-refractivity contribution in [3.8, 4) is 0 Å². The van der Waals surface area contributed by atoms with Crippen molar-refractivity contribution in [2.24, 2.45) is 0 Å². The molecule has 1 aromatic heterocycles.